The van der Waals surface area contributed by atoms with Crippen molar-refractivity contribution in [3.05, 3.63) is 58.9 Å². The molecule has 0 aliphatic rings. The highest BCUT2D eigenvalue weighted by molar-refractivity contribution is 6.33. The maximum Gasteiger partial charge on any atom is 0.337 e. The topological polar surface area (TPSA) is 79.3 Å². The van der Waals surface area contributed by atoms with E-state index in [2.05, 4.69) is 10.3 Å². The summed E-state index contributed by atoms with van der Waals surface area (Å²) < 4.78 is 0. The summed E-state index contributed by atoms with van der Waals surface area (Å²) in [6.07, 6.45) is 3.39. The van der Waals surface area contributed by atoms with E-state index < -0.39 is 5.97 Å². The maximum atomic E-state index is 11.8. The van der Waals surface area contributed by atoms with Crippen molar-refractivity contribution in [2.24, 2.45) is 0 Å². The molecule has 0 aliphatic carbocycles. The normalized spacial score (nSPS) is 10.1. The van der Waals surface area contributed by atoms with Crippen LogP contribution in [0.4, 0.5) is 5.69 Å². The van der Waals surface area contributed by atoms with E-state index in [1.807, 2.05) is 0 Å². The molecule has 0 saturated carbocycles. The highest BCUT2D eigenvalue weighted by atomic mass is 35.5. The first-order valence-corrected chi connectivity index (χ1v) is 6.15. The van der Waals surface area contributed by atoms with Crippen molar-refractivity contribution in [2.75, 3.05) is 5.32 Å². The second-order valence-corrected chi connectivity index (χ2v) is 4.49. The number of pyridine rings is 1. The minimum atomic E-state index is -1.14. The molecular formula is C14H11ClN2O3. The Kier molecular flexibility index (Phi) is 4.32. The van der Waals surface area contributed by atoms with Crippen LogP contribution in [0.2, 0.25) is 5.02 Å². The number of aromatic nitrogens is 1. The fraction of sp³-hybridized carbons (Fsp3) is 0.0714. The summed E-state index contributed by atoms with van der Waals surface area (Å²) in [5, 5.41) is 11.7. The van der Waals surface area contributed by atoms with Gasteiger partial charge in [-0.1, -0.05) is 17.7 Å². The fourth-order valence-corrected chi connectivity index (χ4v) is 1.86. The number of anilines is 1. The molecule has 0 spiro atoms. The molecule has 0 bridgehead atoms. The molecular weight excluding hydrogens is 280 g/mol. The van der Waals surface area contributed by atoms with Crippen LogP contribution in [0.5, 0.6) is 0 Å². The number of carboxylic acids is 1. The van der Waals surface area contributed by atoms with Gasteiger partial charge in [0.05, 0.1) is 17.0 Å². The molecule has 0 fully saturated rings. The fourth-order valence-electron chi connectivity index (χ4n) is 1.66. The Balaban J connectivity index is 2.08. The third-order valence-corrected chi connectivity index (χ3v) is 2.90. The van der Waals surface area contributed by atoms with Crippen molar-refractivity contribution < 1.29 is 14.7 Å². The molecule has 0 radical (unpaired) electrons. The minimum Gasteiger partial charge on any atom is -0.478 e. The Morgan fingerprint density at radius 3 is 2.75 bits per heavy atom. The highest BCUT2D eigenvalue weighted by Gasteiger charge is 2.11. The molecule has 1 aromatic heterocycles. The number of carbonyl (C=O) groups is 2. The van der Waals surface area contributed by atoms with Gasteiger partial charge in [0.25, 0.3) is 0 Å². The Morgan fingerprint density at radius 2 is 2.10 bits per heavy atom. The number of carboxylic acid groups (broad SMARTS) is 1. The van der Waals surface area contributed by atoms with Crippen molar-refractivity contribution in [2.45, 2.75) is 6.42 Å². The molecule has 0 aliphatic heterocycles. The quantitative estimate of drug-likeness (QED) is 0.907. The van der Waals surface area contributed by atoms with E-state index in [1.54, 1.807) is 30.6 Å². The predicted octanol–water partition coefficient (Wildman–Crippen LogP) is 2.61. The Hall–Kier alpha value is -2.40. The number of nitrogens with one attached hydrogen (secondary N) is 1. The summed E-state index contributed by atoms with van der Waals surface area (Å²) in [5.74, 6) is -1.39. The zero-order valence-electron chi connectivity index (χ0n) is 10.3. The zero-order valence-corrected chi connectivity index (χ0v) is 11.1. The predicted molar refractivity (Wildman–Crippen MR) is 75.0 cm³/mol. The Bertz CT molecular complexity index is 644. The van der Waals surface area contributed by atoms with E-state index >= 15 is 0 Å². The van der Waals surface area contributed by atoms with Gasteiger partial charge in [-0.15, -0.1) is 0 Å². The number of amides is 1. The van der Waals surface area contributed by atoms with Gasteiger partial charge >= 0.3 is 5.97 Å². The van der Waals surface area contributed by atoms with Crippen molar-refractivity contribution in [3.8, 4) is 0 Å². The first kappa shape index (κ1) is 14.0. The monoisotopic (exact) mass is 290 g/mol. The van der Waals surface area contributed by atoms with Gasteiger partial charge in [-0.05, 0) is 29.8 Å². The smallest absolute Gasteiger partial charge is 0.337 e. The molecule has 0 unspecified atom stereocenters. The van der Waals surface area contributed by atoms with Crippen LogP contribution in [0.3, 0.4) is 0 Å². The summed E-state index contributed by atoms with van der Waals surface area (Å²) in [6.45, 7) is 0. The molecule has 2 aromatic rings. The molecule has 20 heavy (non-hydrogen) atoms. The first-order valence-electron chi connectivity index (χ1n) is 5.78. The van der Waals surface area contributed by atoms with Gasteiger partial charge in [-0.3, -0.25) is 9.78 Å². The lowest BCUT2D eigenvalue weighted by Crippen LogP contribution is -2.15. The minimum absolute atomic E-state index is 0.0501. The van der Waals surface area contributed by atoms with Crippen LogP contribution < -0.4 is 5.32 Å². The summed E-state index contributed by atoms with van der Waals surface area (Å²) >= 11 is 5.76. The molecule has 1 heterocycles. The molecule has 0 atom stereocenters. The van der Waals surface area contributed by atoms with E-state index in [1.165, 1.54) is 12.1 Å². The SMILES string of the molecule is O=C(Cc1cccnc1)Nc1ccc(Cl)c(C(=O)O)c1. The summed E-state index contributed by atoms with van der Waals surface area (Å²) in [7, 11) is 0. The number of carbonyl (C=O) groups excluding carboxylic acids is 1. The van der Waals surface area contributed by atoms with Crippen LogP contribution in [-0.4, -0.2) is 22.0 Å². The molecule has 102 valence electrons. The van der Waals surface area contributed by atoms with Gasteiger partial charge in [0.15, 0.2) is 0 Å². The highest BCUT2D eigenvalue weighted by Crippen LogP contribution is 2.20. The van der Waals surface area contributed by atoms with E-state index in [-0.39, 0.29) is 22.9 Å². The average molecular weight is 291 g/mol. The van der Waals surface area contributed by atoms with E-state index in [4.69, 9.17) is 16.7 Å². The second-order valence-electron chi connectivity index (χ2n) is 4.09. The van der Waals surface area contributed by atoms with E-state index in [0.29, 0.717) is 5.69 Å². The largest absolute Gasteiger partial charge is 0.478 e. The van der Waals surface area contributed by atoms with Crippen LogP contribution in [0, 0.1) is 0 Å². The van der Waals surface area contributed by atoms with E-state index in [0.717, 1.165) is 5.56 Å². The van der Waals surface area contributed by atoms with Crippen LogP contribution in [0.1, 0.15) is 15.9 Å². The second kappa shape index (κ2) is 6.16. The Morgan fingerprint density at radius 1 is 1.30 bits per heavy atom. The van der Waals surface area contributed by atoms with Gasteiger partial charge in [0, 0.05) is 18.1 Å². The van der Waals surface area contributed by atoms with Crippen molar-refractivity contribution in [3.63, 3.8) is 0 Å². The van der Waals surface area contributed by atoms with E-state index in [9.17, 15) is 9.59 Å². The Labute approximate surface area is 120 Å². The van der Waals surface area contributed by atoms with Crippen molar-refractivity contribution >= 4 is 29.2 Å². The first-order chi connectivity index (χ1) is 9.56. The average Bonchev–Trinajstić information content (AvgIpc) is 2.41. The number of rotatable bonds is 4. The van der Waals surface area contributed by atoms with Crippen molar-refractivity contribution in [1.82, 2.24) is 4.98 Å². The van der Waals surface area contributed by atoms with Gasteiger partial charge in [-0.2, -0.15) is 0 Å². The van der Waals surface area contributed by atoms with Crippen LogP contribution in [0.15, 0.2) is 42.7 Å². The maximum absolute atomic E-state index is 11.8. The standard InChI is InChI=1S/C14H11ClN2O3/c15-12-4-3-10(7-11(12)14(19)20)17-13(18)6-9-2-1-5-16-8-9/h1-5,7-8H,6H2,(H,17,18)(H,19,20). The van der Waals surface area contributed by atoms with Gasteiger partial charge in [-0.25, -0.2) is 4.79 Å². The molecule has 1 aromatic carbocycles. The number of aromatic carboxylic acids is 1. The number of benzene rings is 1. The number of halogens is 1. The molecule has 2 rings (SSSR count). The molecule has 1 amide bonds. The molecule has 6 heteroatoms. The van der Waals surface area contributed by atoms with Gasteiger partial charge < -0.3 is 10.4 Å². The third kappa shape index (κ3) is 3.55. The zero-order chi connectivity index (χ0) is 14.5. The third-order valence-electron chi connectivity index (χ3n) is 2.57. The van der Waals surface area contributed by atoms with Gasteiger partial charge in [0.1, 0.15) is 0 Å². The number of hydrogen-bond donors (Lipinski definition) is 2. The molecule has 2 N–H and O–H groups in total. The lowest BCUT2D eigenvalue weighted by atomic mass is 10.1. The summed E-state index contributed by atoms with van der Waals surface area (Å²) in [6, 6.07) is 7.84. The van der Waals surface area contributed by atoms with Crippen molar-refractivity contribution in [1.29, 1.82) is 0 Å². The van der Waals surface area contributed by atoms with Crippen LogP contribution >= 0.6 is 11.6 Å². The van der Waals surface area contributed by atoms with Crippen LogP contribution in [-0.2, 0) is 11.2 Å². The van der Waals surface area contributed by atoms with Gasteiger partial charge in [0.2, 0.25) is 5.91 Å². The summed E-state index contributed by atoms with van der Waals surface area (Å²) in [5.41, 5.74) is 1.11. The lowest BCUT2D eigenvalue weighted by Gasteiger charge is -2.07. The lowest BCUT2D eigenvalue weighted by molar-refractivity contribution is -0.115. The molecule has 5 nitrogen and oxygen atoms in total. The number of hydrogen-bond acceptors (Lipinski definition) is 3. The number of nitrogens with zero attached hydrogens (tertiary/aromatic N) is 1. The molecule has 0 saturated heterocycles. The summed E-state index contributed by atoms with van der Waals surface area (Å²) in [4.78, 5) is 26.7. The van der Waals surface area contributed by atoms with Crippen LogP contribution in [0.25, 0.3) is 0 Å².